The second-order valence-corrected chi connectivity index (χ2v) is 4.02. The van der Waals surface area contributed by atoms with Crippen LogP contribution in [0.4, 0.5) is 0 Å². The predicted molar refractivity (Wildman–Crippen MR) is 54.5 cm³/mol. The highest BCUT2D eigenvalue weighted by atomic mass is 16.4. The van der Waals surface area contributed by atoms with Gasteiger partial charge in [-0.05, 0) is 25.5 Å². The van der Waals surface area contributed by atoms with E-state index in [0.29, 0.717) is 18.7 Å². The number of hydrogen-bond acceptors (Lipinski definition) is 3. The lowest BCUT2D eigenvalue weighted by atomic mass is 10.3. The standard InChI is InChI=1S/C11H13NO4/c1-6-2-3-7(16-6)5-12-10(13)8-4-9(8)11(14)15/h2-3,8-9H,4-5H2,1H3,(H,12,13)(H,14,15). The summed E-state index contributed by atoms with van der Waals surface area (Å²) < 4.78 is 5.28. The quantitative estimate of drug-likeness (QED) is 0.795. The fourth-order valence-electron chi connectivity index (χ4n) is 1.64. The number of amides is 1. The third-order valence-electron chi connectivity index (χ3n) is 2.68. The molecule has 1 aliphatic rings. The van der Waals surface area contributed by atoms with Crippen molar-refractivity contribution in [2.45, 2.75) is 19.9 Å². The molecule has 2 N–H and O–H groups in total. The zero-order valence-electron chi connectivity index (χ0n) is 8.90. The van der Waals surface area contributed by atoms with Gasteiger partial charge in [0.15, 0.2) is 0 Å². The van der Waals surface area contributed by atoms with Crippen LogP contribution in [0.3, 0.4) is 0 Å². The van der Waals surface area contributed by atoms with E-state index in [1.807, 2.05) is 13.0 Å². The van der Waals surface area contributed by atoms with Crippen LogP contribution >= 0.6 is 0 Å². The molecule has 1 aromatic rings. The van der Waals surface area contributed by atoms with Gasteiger partial charge in [-0.3, -0.25) is 9.59 Å². The highest BCUT2D eigenvalue weighted by Gasteiger charge is 2.48. The molecule has 1 aliphatic carbocycles. The van der Waals surface area contributed by atoms with Crippen LogP contribution in [-0.2, 0) is 16.1 Å². The molecule has 2 rings (SSSR count). The van der Waals surface area contributed by atoms with Crippen molar-refractivity contribution in [1.82, 2.24) is 5.32 Å². The molecule has 0 aromatic carbocycles. The Morgan fingerprint density at radius 3 is 2.75 bits per heavy atom. The van der Waals surface area contributed by atoms with E-state index in [1.54, 1.807) is 6.07 Å². The van der Waals surface area contributed by atoms with Crippen LogP contribution in [0.1, 0.15) is 17.9 Å². The average Bonchev–Trinajstić information content (AvgIpc) is 2.93. The van der Waals surface area contributed by atoms with Gasteiger partial charge >= 0.3 is 5.97 Å². The van der Waals surface area contributed by atoms with Gasteiger partial charge in [0.1, 0.15) is 11.5 Å². The number of hydrogen-bond donors (Lipinski definition) is 2. The van der Waals surface area contributed by atoms with Crippen LogP contribution in [0.15, 0.2) is 16.5 Å². The summed E-state index contributed by atoms with van der Waals surface area (Å²) in [6, 6.07) is 3.61. The maximum Gasteiger partial charge on any atom is 0.307 e. The highest BCUT2D eigenvalue weighted by Crippen LogP contribution is 2.38. The van der Waals surface area contributed by atoms with Crippen LogP contribution < -0.4 is 5.32 Å². The van der Waals surface area contributed by atoms with Crippen molar-refractivity contribution in [3.63, 3.8) is 0 Å². The van der Waals surface area contributed by atoms with Crippen molar-refractivity contribution in [2.24, 2.45) is 11.8 Å². The molecule has 5 nitrogen and oxygen atoms in total. The number of carbonyl (C=O) groups is 2. The molecular weight excluding hydrogens is 210 g/mol. The van der Waals surface area contributed by atoms with Crippen LogP contribution in [0, 0.1) is 18.8 Å². The van der Waals surface area contributed by atoms with Gasteiger partial charge in [0.2, 0.25) is 5.91 Å². The molecule has 86 valence electrons. The SMILES string of the molecule is Cc1ccc(CNC(=O)C2CC2C(=O)O)o1. The molecule has 1 heterocycles. The smallest absolute Gasteiger partial charge is 0.307 e. The summed E-state index contributed by atoms with van der Waals surface area (Å²) in [5.74, 6) is -0.500. The summed E-state index contributed by atoms with van der Waals surface area (Å²) >= 11 is 0. The van der Waals surface area contributed by atoms with E-state index in [-0.39, 0.29) is 11.8 Å². The second kappa shape index (κ2) is 4.00. The van der Waals surface area contributed by atoms with Crippen LogP contribution in [0.25, 0.3) is 0 Å². The Morgan fingerprint density at radius 1 is 1.50 bits per heavy atom. The number of carbonyl (C=O) groups excluding carboxylic acids is 1. The topological polar surface area (TPSA) is 79.5 Å². The first-order valence-electron chi connectivity index (χ1n) is 5.14. The minimum atomic E-state index is -0.894. The van der Waals surface area contributed by atoms with Crippen LogP contribution in [0.2, 0.25) is 0 Å². The average molecular weight is 223 g/mol. The fraction of sp³-hybridized carbons (Fsp3) is 0.455. The minimum absolute atomic E-state index is 0.207. The zero-order chi connectivity index (χ0) is 11.7. The summed E-state index contributed by atoms with van der Waals surface area (Å²) in [5.41, 5.74) is 0. The molecule has 5 heteroatoms. The molecule has 1 amide bonds. The maximum atomic E-state index is 11.5. The lowest BCUT2D eigenvalue weighted by Gasteiger charge is -2.01. The van der Waals surface area contributed by atoms with Gasteiger partial charge < -0.3 is 14.8 Å². The van der Waals surface area contributed by atoms with E-state index in [4.69, 9.17) is 9.52 Å². The van der Waals surface area contributed by atoms with Crippen LogP contribution in [0.5, 0.6) is 0 Å². The first kappa shape index (κ1) is 10.7. The van der Waals surface area contributed by atoms with E-state index >= 15 is 0 Å². The molecule has 0 radical (unpaired) electrons. The summed E-state index contributed by atoms with van der Waals surface area (Å²) in [7, 11) is 0. The van der Waals surface area contributed by atoms with Gasteiger partial charge in [0, 0.05) is 0 Å². The normalized spacial score (nSPS) is 22.8. The van der Waals surface area contributed by atoms with Crippen molar-refractivity contribution >= 4 is 11.9 Å². The molecule has 1 aromatic heterocycles. The largest absolute Gasteiger partial charge is 0.481 e. The van der Waals surface area contributed by atoms with Gasteiger partial charge in [0.25, 0.3) is 0 Å². The number of furan rings is 1. The third kappa shape index (κ3) is 2.24. The first-order valence-corrected chi connectivity index (χ1v) is 5.14. The van der Waals surface area contributed by atoms with Crippen LogP contribution in [-0.4, -0.2) is 17.0 Å². The Balaban J connectivity index is 1.79. The van der Waals surface area contributed by atoms with E-state index in [1.165, 1.54) is 0 Å². The van der Waals surface area contributed by atoms with Crippen molar-refractivity contribution in [3.05, 3.63) is 23.7 Å². The Bertz CT molecular complexity index is 423. The maximum absolute atomic E-state index is 11.5. The van der Waals surface area contributed by atoms with Gasteiger partial charge in [-0.2, -0.15) is 0 Å². The molecule has 0 aliphatic heterocycles. The van der Waals surface area contributed by atoms with Crippen molar-refractivity contribution in [3.8, 4) is 0 Å². The molecule has 16 heavy (non-hydrogen) atoms. The Hall–Kier alpha value is -1.78. The number of rotatable bonds is 4. The number of carboxylic acid groups (broad SMARTS) is 1. The molecule has 0 saturated heterocycles. The summed E-state index contributed by atoms with van der Waals surface area (Å²) in [5, 5.41) is 11.3. The number of aryl methyl sites for hydroxylation is 1. The summed E-state index contributed by atoms with van der Waals surface area (Å²) in [6.07, 6.45) is 0.443. The fourth-order valence-corrected chi connectivity index (χ4v) is 1.64. The molecular formula is C11H13NO4. The number of carboxylic acids is 1. The number of aliphatic carboxylic acids is 1. The van der Waals surface area contributed by atoms with Gasteiger partial charge in [-0.25, -0.2) is 0 Å². The zero-order valence-corrected chi connectivity index (χ0v) is 8.90. The van der Waals surface area contributed by atoms with Crippen molar-refractivity contribution in [2.75, 3.05) is 0 Å². The van der Waals surface area contributed by atoms with E-state index in [2.05, 4.69) is 5.32 Å². The first-order chi connectivity index (χ1) is 7.58. The molecule has 0 bridgehead atoms. The molecule has 1 saturated carbocycles. The van der Waals surface area contributed by atoms with E-state index in [0.717, 1.165) is 5.76 Å². The lowest BCUT2D eigenvalue weighted by Crippen LogP contribution is -2.25. The summed E-state index contributed by atoms with van der Waals surface area (Å²) in [6.45, 7) is 2.14. The highest BCUT2D eigenvalue weighted by molar-refractivity contribution is 5.89. The Morgan fingerprint density at radius 2 is 2.25 bits per heavy atom. The minimum Gasteiger partial charge on any atom is -0.481 e. The molecule has 2 unspecified atom stereocenters. The van der Waals surface area contributed by atoms with Crippen molar-refractivity contribution in [1.29, 1.82) is 0 Å². The Labute approximate surface area is 92.4 Å². The van der Waals surface area contributed by atoms with Gasteiger partial charge in [-0.1, -0.05) is 0 Å². The lowest BCUT2D eigenvalue weighted by molar-refractivity contribution is -0.140. The molecule has 1 fully saturated rings. The summed E-state index contributed by atoms with van der Waals surface area (Å²) in [4.78, 5) is 22.0. The third-order valence-corrected chi connectivity index (χ3v) is 2.68. The monoisotopic (exact) mass is 223 g/mol. The number of nitrogens with one attached hydrogen (secondary N) is 1. The van der Waals surface area contributed by atoms with E-state index < -0.39 is 11.9 Å². The Kier molecular flexibility index (Phi) is 2.68. The van der Waals surface area contributed by atoms with Gasteiger partial charge in [0.05, 0.1) is 18.4 Å². The van der Waals surface area contributed by atoms with E-state index in [9.17, 15) is 9.59 Å². The predicted octanol–water partition coefficient (Wildman–Crippen LogP) is 0.925. The molecule has 2 atom stereocenters. The van der Waals surface area contributed by atoms with Crippen molar-refractivity contribution < 1.29 is 19.1 Å². The molecule has 0 spiro atoms. The van der Waals surface area contributed by atoms with Gasteiger partial charge in [-0.15, -0.1) is 0 Å². The second-order valence-electron chi connectivity index (χ2n) is 4.02.